The number of halogens is 1. The van der Waals surface area contributed by atoms with Crippen molar-refractivity contribution in [2.75, 3.05) is 50.7 Å². The molecular weight excluding hydrogens is 579 g/mol. The lowest BCUT2D eigenvalue weighted by atomic mass is 9.80. The highest BCUT2D eigenvalue weighted by atomic mass is 19.1. The molecule has 1 aliphatic carbocycles. The highest BCUT2D eigenvalue weighted by molar-refractivity contribution is 5.95. The number of pyridine rings is 1. The van der Waals surface area contributed by atoms with Gasteiger partial charge in [0.05, 0.1) is 11.6 Å². The molecule has 4 heterocycles. The molecule has 0 spiro atoms. The Hall–Kier alpha value is -4.71. The van der Waals surface area contributed by atoms with E-state index in [9.17, 15) is 18.8 Å². The Bertz CT molecular complexity index is 1550. The Morgan fingerprint density at radius 3 is 2.33 bits per heavy atom. The molecule has 234 valence electrons. The topological polar surface area (TPSA) is 118 Å². The monoisotopic (exact) mass is 614 g/mol. The summed E-state index contributed by atoms with van der Waals surface area (Å²) in [5.41, 5.74) is 1.44. The van der Waals surface area contributed by atoms with Crippen molar-refractivity contribution in [1.29, 1.82) is 0 Å². The predicted molar refractivity (Wildman–Crippen MR) is 163 cm³/mol. The zero-order valence-corrected chi connectivity index (χ0v) is 25.1. The molecule has 2 saturated heterocycles. The molecule has 6 rings (SSSR count). The van der Waals surface area contributed by atoms with Gasteiger partial charge in [0.25, 0.3) is 0 Å². The van der Waals surface area contributed by atoms with Crippen molar-refractivity contribution in [2.45, 2.75) is 32.3 Å². The van der Waals surface area contributed by atoms with E-state index in [0.717, 1.165) is 30.5 Å². The fraction of sp³-hybridized carbons (Fsp3) is 0.394. The van der Waals surface area contributed by atoms with Gasteiger partial charge in [-0.05, 0) is 61.2 Å². The van der Waals surface area contributed by atoms with Crippen molar-refractivity contribution in [3.63, 3.8) is 0 Å². The second-order valence-corrected chi connectivity index (χ2v) is 11.9. The molecule has 12 heteroatoms. The van der Waals surface area contributed by atoms with Gasteiger partial charge in [0, 0.05) is 71.2 Å². The van der Waals surface area contributed by atoms with Gasteiger partial charge in [0.1, 0.15) is 23.6 Å². The van der Waals surface area contributed by atoms with Crippen LogP contribution in [-0.2, 0) is 20.8 Å². The van der Waals surface area contributed by atoms with Gasteiger partial charge in [0.15, 0.2) is 11.9 Å². The van der Waals surface area contributed by atoms with Crippen LogP contribution >= 0.6 is 0 Å². The lowest BCUT2D eigenvalue weighted by molar-refractivity contribution is -0.131. The van der Waals surface area contributed by atoms with E-state index < -0.39 is 11.5 Å². The van der Waals surface area contributed by atoms with Crippen LogP contribution < -0.4 is 14.4 Å². The van der Waals surface area contributed by atoms with Crippen molar-refractivity contribution in [3.05, 3.63) is 78.0 Å². The summed E-state index contributed by atoms with van der Waals surface area (Å²) in [5, 5.41) is 0. The van der Waals surface area contributed by atoms with E-state index in [-0.39, 0.29) is 17.5 Å². The van der Waals surface area contributed by atoms with Crippen molar-refractivity contribution in [2.24, 2.45) is 5.41 Å². The fourth-order valence-corrected chi connectivity index (χ4v) is 5.96. The number of amides is 1. The maximum atomic E-state index is 13.1. The van der Waals surface area contributed by atoms with Crippen LogP contribution in [0.1, 0.15) is 25.3 Å². The molecule has 1 amide bonds. The van der Waals surface area contributed by atoms with E-state index in [1.807, 2.05) is 9.80 Å². The number of aromatic nitrogens is 3. The van der Waals surface area contributed by atoms with Crippen LogP contribution in [0.5, 0.6) is 17.4 Å². The van der Waals surface area contributed by atoms with Gasteiger partial charge >= 0.3 is 0 Å². The van der Waals surface area contributed by atoms with Crippen molar-refractivity contribution in [1.82, 2.24) is 24.8 Å². The van der Waals surface area contributed by atoms with E-state index >= 15 is 0 Å². The second-order valence-electron chi connectivity index (χ2n) is 11.9. The average Bonchev–Trinajstić information content (AvgIpc) is 3.03. The fourth-order valence-electron chi connectivity index (χ4n) is 5.96. The molecule has 0 radical (unpaired) electrons. The lowest BCUT2D eigenvalue weighted by Gasteiger charge is -2.49. The molecule has 2 fully saturated rings. The van der Waals surface area contributed by atoms with E-state index in [0.29, 0.717) is 75.3 Å². The van der Waals surface area contributed by atoms with Crippen molar-refractivity contribution < 1.29 is 28.2 Å². The third kappa shape index (κ3) is 7.34. The number of hydrogen-bond acceptors (Lipinski definition) is 10. The van der Waals surface area contributed by atoms with Crippen LogP contribution in [0.25, 0.3) is 0 Å². The van der Waals surface area contributed by atoms with Crippen LogP contribution in [0.3, 0.4) is 0 Å². The molecule has 3 aliphatic rings. The molecule has 1 atom stereocenters. The largest absolute Gasteiger partial charge is 0.481 e. The summed E-state index contributed by atoms with van der Waals surface area (Å²) in [4.78, 5) is 55.8. The number of carbonyl (C=O) groups is 3. The molecule has 0 unspecified atom stereocenters. The summed E-state index contributed by atoms with van der Waals surface area (Å²) >= 11 is 0. The maximum absolute atomic E-state index is 13.1. The SMILES string of the molecule is CC(=O)N1CCN(CC2(C=O)CN(c3ncc(CC4=CC(=O)[C@H](Oc5ccc(Oc6ccc(F)cc6)nc5)CC4)cn3)C2)CC1. The third-order valence-electron chi connectivity index (χ3n) is 8.44. The first-order valence-electron chi connectivity index (χ1n) is 15.1. The first-order chi connectivity index (χ1) is 21.8. The molecular formula is C33H35FN6O5. The van der Waals surface area contributed by atoms with Crippen molar-refractivity contribution in [3.8, 4) is 17.4 Å². The Morgan fingerprint density at radius 2 is 1.71 bits per heavy atom. The van der Waals surface area contributed by atoms with Gasteiger partial charge in [-0.15, -0.1) is 0 Å². The maximum Gasteiger partial charge on any atom is 0.225 e. The Kier molecular flexibility index (Phi) is 8.83. The smallest absolute Gasteiger partial charge is 0.225 e. The van der Waals surface area contributed by atoms with Gasteiger partial charge in [-0.2, -0.15) is 0 Å². The minimum absolute atomic E-state index is 0.0904. The number of allylic oxidation sites excluding steroid dienone is 1. The van der Waals surface area contributed by atoms with Crippen LogP contribution in [0, 0.1) is 11.2 Å². The average molecular weight is 615 g/mol. The number of benzene rings is 1. The zero-order chi connectivity index (χ0) is 31.4. The normalized spacial score (nSPS) is 19.8. The zero-order valence-electron chi connectivity index (χ0n) is 25.1. The Labute approximate surface area is 260 Å². The Morgan fingerprint density at radius 1 is 1.00 bits per heavy atom. The number of rotatable bonds is 10. The quantitative estimate of drug-likeness (QED) is 0.315. The van der Waals surface area contributed by atoms with Gasteiger partial charge in [-0.3, -0.25) is 14.5 Å². The van der Waals surface area contributed by atoms with Gasteiger partial charge in [0.2, 0.25) is 17.7 Å². The first kappa shape index (κ1) is 30.3. The number of hydrogen-bond donors (Lipinski definition) is 0. The van der Waals surface area contributed by atoms with Crippen LogP contribution in [0.4, 0.5) is 10.3 Å². The van der Waals surface area contributed by atoms with Crippen LogP contribution in [0.2, 0.25) is 0 Å². The highest BCUT2D eigenvalue weighted by Gasteiger charge is 2.45. The third-order valence-corrected chi connectivity index (χ3v) is 8.44. The molecule has 45 heavy (non-hydrogen) atoms. The van der Waals surface area contributed by atoms with Gasteiger partial charge in [-0.1, -0.05) is 5.57 Å². The molecule has 2 aromatic heterocycles. The summed E-state index contributed by atoms with van der Waals surface area (Å²) in [6, 6.07) is 8.97. The molecule has 1 aromatic carbocycles. The summed E-state index contributed by atoms with van der Waals surface area (Å²) in [6.45, 7) is 6.29. The van der Waals surface area contributed by atoms with Gasteiger partial charge < -0.3 is 24.1 Å². The highest BCUT2D eigenvalue weighted by Crippen LogP contribution is 2.33. The first-order valence-corrected chi connectivity index (χ1v) is 15.1. The molecule has 2 aliphatic heterocycles. The molecule has 11 nitrogen and oxygen atoms in total. The minimum Gasteiger partial charge on any atom is -0.481 e. The number of aldehydes is 1. The summed E-state index contributed by atoms with van der Waals surface area (Å²) in [6.07, 6.45) is 8.97. The number of ether oxygens (including phenoxy) is 2. The minimum atomic E-state index is -0.597. The lowest BCUT2D eigenvalue weighted by Crippen LogP contribution is -2.64. The number of piperazine rings is 1. The van der Waals surface area contributed by atoms with Gasteiger partial charge in [-0.25, -0.2) is 19.3 Å². The second kappa shape index (κ2) is 13.1. The molecule has 0 bridgehead atoms. The molecule has 0 saturated carbocycles. The molecule has 0 N–H and O–H groups in total. The van der Waals surface area contributed by atoms with Crippen molar-refractivity contribution >= 4 is 23.9 Å². The summed E-state index contributed by atoms with van der Waals surface area (Å²) < 4.78 is 24.6. The predicted octanol–water partition coefficient (Wildman–Crippen LogP) is 3.25. The number of anilines is 1. The Balaban J connectivity index is 0.965. The standard InChI is InChI=1S/C33H35FN6O5/c1-23(42)39-12-10-38(11-13-39)19-33(22-41)20-40(21-33)32-36-16-25(17-37-32)14-24-2-8-30(29(43)15-24)44-28-7-9-31(35-18-28)45-27-5-3-26(34)4-6-27/h3-7,9,15-18,22,30H,2,8,10-14,19-21H2,1H3/t30-/m1/s1. The van der Waals surface area contributed by atoms with E-state index in [1.54, 1.807) is 37.5 Å². The van der Waals surface area contributed by atoms with E-state index in [2.05, 4.69) is 19.9 Å². The van der Waals surface area contributed by atoms with Crippen LogP contribution in [0.15, 0.2) is 66.6 Å². The van der Waals surface area contributed by atoms with E-state index in [4.69, 9.17) is 9.47 Å². The van der Waals surface area contributed by atoms with Crippen LogP contribution in [-0.4, -0.2) is 94.6 Å². The van der Waals surface area contributed by atoms with E-state index in [1.165, 1.54) is 30.5 Å². The summed E-state index contributed by atoms with van der Waals surface area (Å²) in [5.74, 6) is 1.48. The number of nitrogens with zero attached hydrogens (tertiary/aromatic N) is 6. The molecule has 3 aromatic rings. The number of carbonyl (C=O) groups excluding carboxylic acids is 3. The summed E-state index contributed by atoms with van der Waals surface area (Å²) in [7, 11) is 0. The number of ketones is 1.